The molecule has 1 aliphatic carbocycles. The van der Waals surface area contributed by atoms with Crippen LogP contribution in [0.4, 0.5) is 10.5 Å². The van der Waals surface area contributed by atoms with Crippen LogP contribution in [-0.2, 0) is 14.3 Å². The van der Waals surface area contributed by atoms with Gasteiger partial charge in [-0.1, -0.05) is 61.5 Å². The Morgan fingerprint density at radius 1 is 1.19 bits per heavy atom. The van der Waals surface area contributed by atoms with Gasteiger partial charge in [-0.3, -0.25) is 9.59 Å². The van der Waals surface area contributed by atoms with Crippen LogP contribution in [0, 0.1) is 12.8 Å². The Bertz CT molecular complexity index is 1170. The lowest BCUT2D eigenvalue weighted by atomic mass is 9.99. The second-order valence-electron chi connectivity index (χ2n) is 10.6. The van der Waals surface area contributed by atoms with Crippen molar-refractivity contribution in [1.29, 1.82) is 0 Å². The third-order valence-electron chi connectivity index (χ3n) is 6.24. The number of hydrogen-bond acceptors (Lipinski definition) is 4. The first-order chi connectivity index (χ1) is 17.3. The predicted octanol–water partition coefficient (Wildman–Crippen LogP) is 6.12. The molecule has 3 amide bonds. The summed E-state index contributed by atoms with van der Waals surface area (Å²) in [5.74, 6) is -0.563. The van der Waals surface area contributed by atoms with Crippen LogP contribution in [0.3, 0.4) is 0 Å². The van der Waals surface area contributed by atoms with E-state index in [-0.39, 0.29) is 17.9 Å². The number of anilines is 1. The van der Waals surface area contributed by atoms with Crippen molar-refractivity contribution in [2.45, 2.75) is 71.7 Å². The number of rotatable bonds is 8. The number of alkyl carbamates (subject to hydrolysis) is 1. The van der Waals surface area contributed by atoms with Gasteiger partial charge in [0, 0.05) is 6.04 Å². The van der Waals surface area contributed by atoms with Gasteiger partial charge in [-0.2, -0.15) is 0 Å². The molecular formula is C29H36ClN3O4. The zero-order valence-electron chi connectivity index (χ0n) is 22.3. The highest BCUT2D eigenvalue weighted by Crippen LogP contribution is 2.41. The van der Waals surface area contributed by atoms with Gasteiger partial charge in [0.1, 0.15) is 17.7 Å². The van der Waals surface area contributed by atoms with Crippen molar-refractivity contribution in [2.75, 3.05) is 5.32 Å². The van der Waals surface area contributed by atoms with Crippen LogP contribution >= 0.6 is 11.6 Å². The molecule has 4 unspecified atom stereocenters. The van der Waals surface area contributed by atoms with Gasteiger partial charge in [0.05, 0.1) is 10.7 Å². The first-order valence-corrected chi connectivity index (χ1v) is 12.8. The number of amides is 3. The Labute approximate surface area is 224 Å². The summed E-state index contributed by atoms with van der Waals surface area (Å²) in [5.41, 5.74) is 2.04. The second-order valence-corrected chi connectivity index (χ2v) is 11.0. The van der Waals surface area contributed by atoms with Crippen molar-refractivity contribution >= 4 is 41.3 Å². The summed E-state index contributed by atoms with van der Waals surface area (Å²) in [5, 5.41) is 5.99. The van der Waals surface area contributed by atoms with Gasteiger partial charge in [-0.15, -0.1) is 0 Å². The number of nitrogens with zero attached hydrogens (tertiary/aromatic N) is 1. The van der Waals surface area contributed by atoms with Gasteiger partial charge in [0.2, 0.25) is 5.91 Å². The average Bonchev–Trinajstić information content (AvgIpc) is 3.53. The maximum Gasteiger partial charge on any atom is 0.408 e. The van der Waals surface area contributed by atoms with E-state index in [1.807, 2.05) is 50.2 Å². The minimum atomic E-state index is -0.957. The molecule has 0 radical (unpaired) electrons. The second kappa shape index (κ2) is 11.4. The number of ether oxygens (including phenoxy) is 1. The molecule has 7 nitrogen and oxygen atoms in total. The highest BCUT2D eigenvalue weighted by Gasteiger charge is 2.47. The zero-order valence-corrected chi connectivity index (χ0v) is 23.1. The van der Waals surface area contributed by atoms with Gasteiger partial charge < -0.3 is 20.3 Å². The summed E-state index contributed by atoms with van der Waals surface area (Å²) >= 11 is 6.40. The van der Waals surface area contributed by atoms with Crippen molar-refractivity contribution in [3.8, 4) is 0 Å². The molecule has 0 bridgehead atoms. The fraction of sp³-hybridized carbons (Fsp3) is 0.414. The third kappa shape index (κ3) is 7.13. The predicted molar refractivity (Wildman–Crippen MR) is 147 cm³/mol. The van der Waals surface area contributed by atoms with Crippen molar-refractivity contribution in [3.05, 3.63) is 70.8 Å². The van der Waals surface area contributed by atoms with Crippen LogP contribution in [0.1, 0.15) is 63.8 Å². The molecule has 0 spiro atoms. The lowest BCUT2D eigenvalue weighted by Gasteiger charge is -2.34. The molecule has 0 saturated heterocycles. The van der Waals surface area contributed by atoms with E-state index >= 15 is 0 Å². The first-order valence-electron chi connectivity index (χ1n) is 12.4. The van der Waals surface area contributed by atoms with Gasteiger partial charge >= 0.3 is 6.09 Å². The summed E-state index contributed by atoms with van der Waals surface area (Å²) in [7, 11) is 0. The fourth-order valence-electron chi connectivity index (χ4n) is 4.22. The van der Waals surface area contributed by atoms with E-state index in [4.69, 9.17) is 16.3 Å². The maximum atomic E-state index is 13.9. The quantitative estimate of drug-likeness (QED) is 0.434. The Morgan fingerprint density at radius 2 is 1.84 bits per heavy atom. The summed E-state index contributed by atoms with van der Waals surface area (Å²) in [6.45, 7) is 14.6. The van der Waals surface area contributed by atoms with Crippen LogP contribution in [0.15, 0.2) is 49.0 Å². The Hall–Kier alpha value is -3.32. The molecule has 2 aromatic rings. The number of carbonyl (C=O) groups is 3. The van der Waals surface area contributed by atoms with E-state index in [0.29, 0.717) is 16.3 Å². The zero-order chi connectivity index (χ0) is 27.5. The lowest BCUT2D eigenvalue weighted by molar-refractivity contribution is -0.141. The number of benzene rings is 2. The fourth-order valence-corrected chi connectivity index (χ4v) is 4.49. The molecule has 1 fully saturated rings. The molecule has 1 saturated carbocycles. The van der Waals surface area contributed by atoms with E-state index in [9.17, 15) is 14.4 Å². The highest BCUT2D eigenvalue weighted by molar-refractivity contribution is 6.34. The SMILES string of the molecule is C=Cc1cccc(C(C(=O)Nc2c(C)cccc2Cl)N(C(=O)C(C)NC(=O)OC(C)(C)C)C2CC2C)c1. The van der Waals surface area contributed by atoms with Crippen LogP contribution in [-0.4, -0.2) is 40.5 Å². The van der Waals surface area contributed by atoms with E-state index in [2.05, 4.69) is 17.2 Å². The summed E-state index contributed by atoms with van der Waals surface area (Å²) in [6, 6.07) is 10.7. The molecular weight excluding hydrogens is 490 g/mol. The van der Waals surface area contributed by atoms with Gasteiger partial charge in [-0.25, -0.2) is 4.79 Å². The minimum absolute atomic E-state index is 0.161. The highest BCUT2D eigenvalue weighted by atomic mass is 35.5. The Balaban J connectivity index is 2.01. The number of nitrogens with one attached hydrogen (secondary N) is 2. The molecule has 37 heavy (non-hydrogen) atoms. The van der Waals surface area contributed by atoms with Gasteiger partial charge in [0.25, 0.3) is 5.91 Å². The van der Waals surface area contributed by atoms with Crippen LogP contribution in [0.2, 0.25) is 5.02 Å². The topological polar surface area (TPSA) is 87.7 Å². The molecule has 198 valence electrons. The number of halogens is 1. The monoisotopic (exact) mass is 525 g/mol. The van der Waals surface area contributed by atoms with Crippen LogP contribution in [0.25, 0.3) is 6.08 Å². The molecule has 8 heteroatoms. The smallest absolute Gasteiger partial charge is 0.408 e. The minimum Gasteiger partial charge on any atom is -0.444 e. The molecule has 2 N–H and O–H groups in total. The molecule has 0 heterocycles. The van der Waals surface area contributed by atoms with Crippen molar-refractivity contribution in [2.24, 2.45) is 5.92 Å². The van der Waals surface area contributed by atoms with Gasteiger partial charge in [0.15, 0.2) is 0 Å². The summed E-state index contributed by atoms with van der Waals surface area (Å²) < 4.78 is 5.34. The molecule has 1 aliphatic rings. The van der Waals surface area contributed by atoms with E-state index < -0.39 is 29.7 Å². The average molecular weight is 526 g/mol. The van der Waals surface area contributed by atoms with Crippen LogP contribution in [0.5, 0.6) is 0 Å². The number of hydrogen-bond donors (Lipinski definition) is 2. The molecule has 0 aliphatic heterocycles. The standard InChI is InChI=1S/C29H36ClN3O4/c1-8-20-12-10-13-21(16-20)25(26(34)32-24-17(2)11-9-14-22(24)30)33(23-15-18(23)3)27(35)19(4)31-28(36)37-29(5,6)7/h8-14,16,18-19,23,25H,1,15H2,2-7H3,(H,31,36)(H,32,34). The van der Waals surface area contributed by atoms with E-state index in [1.54, 1.807) is 44.7 Å². The normalized spacial score (nSPS) is 18.2. The van der Waals surface area contributed by atoms with Crippen molar-refractivity contribution < 1.29 is 19.1 Å². The Kier molecular flexibility index (Phi) is 8.69. The molecule has 3 rings (SSSR count). The number of carbonyl (C=O) groups excluding carboxylic acids is 3. The number of aryl methyl sites for hydroxylation is 1. The van der Waals surface area contributed by atoms with Crippen molar-refractivity contribution in [3.63, 3.8) is 0 Å². The first kappa shape index (κ1) is 28.3. The van der Waals surface area contributed by atoms with E-state index in [1.165, 1.54) is 0 Å². The third-order valence-corrected chi connectivity index (χ3v) is 6.56. The molecule has 4 atom stereocenters. The van der Waals surface area contributed by atoms with Crippen molar-refractivity contribution in [1.82, 2.24) is 10.2 Å². The number of para-hydroxylation sites is 1. The van der Waals surface area contributed by atoms with Crippen LogP contribution < -0.4 is 10.6 Å². The molecule has 2 aromatic carbocycles. The maximum absolute atomic E-state index is 13.9. The summed E-state index contributed by atoms with van der Waals surface area (Å²) in [4.78, 5) is 41.8. The van der Waals surface area contributed by atoms with E-state index in [0.717, 1.165) is 17.5 Å². The van der Waals surface area contributed by atoms with Gasteiger partial charge in [-0.05, 0) is 75.8 Å². The Morgan fingerprint density at radius 3 is 2.41 bits per heavy atom. The molecule has 0 aromatic heterocycles. The lowest BCUT2D eigenvalue weighted by Crippen LogP contribution is -2.52. The summed E-state index contributed by atoms with van der Waals surface area (Å²) in [6.07, 6.45) is 1.74. The largest absolute Gasteiger partial charge is 0.444 e.